The fourth-order valence-corrected chi connectivity index (χ4v) is 4.02. The van der Waals surface area contributed by atoms with Crippen molar-refractivity contribution in [1.29, 1.82) is 0 Å². The average Bonchev–Trinajstić information content (AvgIpc) is 2.61. The highest BCUT2D eigenvalue weighted by Crippen LogP contribution is 2.33. The molecule has 1 aliphatic carbocycles. The highest BCUT2D eigenvalue weighted by atomic mass is 16.5. The maximum atomic E-state index is 12.3. The van der Waals surface area contributed by atoms with Gasteiger partial charge in [0.05, 0.1) is 5.69 Å². The number of amides is 2. The van der Waals surface area contributed by atoms with Crippen LogP contribution >= 0.6 is 0 Å². The Morgan fingerprint density at radius 3 is 2.92 bits per heavy atom. The molecule has 1 aromatic rings. The second-order valence-corrected chi connectivity index (χ2v) is 7.85. The highest BCUT2D eigenvalue weighted by molar-refractivity contribution is 5.98. The van der Waals surface area contributed by atoms with Gasteiger partial charge in [-0.05, 0) is 49.3 Å². The van der Waals surface area contributed by atoms with E-state index >= 15 is 0 Å². The van der Waals surface area contributed by atoms with Gasteiger partial charge in [-0.25, -0.2) is 0 Å². The number of benzene rings is 1. The van der Waals surface area contributed by atoms with Crippen molar-refractivity contribution in [1.82, 2.24) is 5.32 Å². The third kappa shape index (κ3) is 4.19. The van der Waals surface area contributed by atoms with Gasteiger partial charge in [0.15, 0.2) is 6.61 Å². The number of carbonyl (C=O) groups is 2. The third-order valence-corrected chi connectivity index (χ3v) is 5.90. The number of hydrogen-bond acceptors (Lipinski definition) is 3. The number of carbonyl (C=O) groups excluding carboxylic acids is 2. The van der Waals surface area contributed by atoms with E-state index in [0.717, 1.165) is 23.4 Å². The topological polar surface area (TPSA) is 58.6 Å². The van der Waals surface area contributed by atoms with Crippen molar-refractivity contribution >= 4 is 17.5 Å². The molecule has 1 aliphatic heterocycles. The third-order valence-electron chi connectivity index (χ3n) is 5.90. The lowest BCUT2D eigenvalue weighted by Gasteiger charge is -2.34. The zero-order valence-electron chi connectivity index (χ0n) is 16.1. The standard InChI is InChI=1S/C21H30N2O3/c1-14-9-10-19-18(12-14)23(21(25)13-26-19)11-5-8-20(24)22-17-7-4-6-15(2)16(17)3/h9-10,12,15-17H,4-8,11,13H2,1-3H3,(H,22,24)/t15-,16+,17+/m0/s1. The van der Waals surface area contributed by atoms with Crippen LogP contribution in [0.15, 0.2) is 18.2 Å². The SMILES string of the molecule is Cc1ccc2c(c1)N(CCCC(=O)N[C@@H]1CCC[C@H](C)[C@H]1C)C(=O)CO2. The molecule has 2 aliphatic rings. The molecule has 1 aromatic carbocycles. The van der Waals surface area contributed by atoms with E-state index in [1.807, 2.05) is 25.1 Å². The van der Waals surface area contributed by atoms with Gasteiger partial charge in [-0.2, -0.15) is 0 Å². The lowest BCUT2D eigenvalue weighted by atomic mass is 9.78. The average molecular weight is 358 g/mol. The minimum atomic E-state index is -0.0433. The molecule has 0 bridgehead atoms. The zero-order valence-corrected chi connectivity index (χ0v) is 16.1. The van der Waals surface area contributed by atoms with E-state index in [1.54, 1.807) is 4.90 Å². The number of nitrogens with one attached hydrogen (secondary N) is 1. The van der Waals surface area contributed by atoms with Crippen LogP contribution in [0, 0.1) is 18.8 Å². The first-order valence-electron chi connectivity index (χ1n) is 9.79. The Morgan fingerprint density at radius 1 is 1.31 bits per heavy atom. The van der Waals surface area contributed by atoms with E-state index in [0.29, 0.717) is 37.3 Å². The predicted molar refractivity (Wildman–Crippen MR) is 102 cm³/mol. The zero-order chi connectivity index (χ0) is 18.7. The van der Waals surface area contributed by atoms with E-state index < -0.39 is 0 Å². The van der Waals surface area contributed by atoms with Crippen LogP contribution in [0.2, 0.25) is 0 Å². The van der Waals surface area contributed by atoms with Crippen molar-refractivity contribution in [3.05, 3.63) is 23.8 Å². The molecule has 5 heteroatoms. The van der Waals surface area contributed by atoms with Gasteiger partial charge >= 0.3 is 0 Å². The molecule has 2 amide bonds. The van der Waals surface area contributed by atoms with Crippen LogP contribution < -0.4 is 15.0 Å². The molecule has 3 atom stereocenters. The van der Waals surface area contributed by atoms with Crippen LogP contribution in [-0.4, -0.2) is 31.0 Å². The number of anilines is 1. The van der Waals surface area contributed by atoms with E-state index in [9.17, 15) is 9.59 Å². The molecule has 26 heavy (non-hydrogen) atoms. The molecule has 0 spiro atoms. The molecule has 1 fully saturated rings. The second-order valence-electron chi connectivity index (χ2n) is 7.85. The van der Waals surface area contributed by atoms with Gasteiger partial charge in [0, 0.05) is 19.0 Å². The molecular weight excluding hydrogens is 328 g/mol. The monoisotopic (exact) mass is 358 g/mol. The fraction of sp³-hybridized carbons (Fsp3) is 0.619. The van der Waals surface area contributed by atoms with Gasteiger partial charge in [-0.1, -0.05) is 32.8 Å². The number of ether oxygens (including phenoxy) is 1. The number of hydrogen-bond donors (Lipinski definition) is 1. The second kappa shape index (κ2) is 8.11. The van der Waals surface area contributed by atoms with Gasteiger partial charge in [0.25, 0.3) is 5.91 Å². The molecule has 0 unspecified atom stereocenters. The van der Waals surface area contributed by atoms with Crippen LogP contribution in [0.5, 0.6) is 5.75 Å². The summed E-state index contributed by atoms with van der Waals surface area (Å²) in [4.78, 5) is 26.3. The Kier molecular flexibility index (Phi) is 5.84. The van der Waals surface area contributed by atoms with Gasteiger partial charge in [0.2, 0.25) is 5.91 Å². The summed E-state index contributed by atoms with van der Waals surface area (Å²) in [6.07, 6.45) is 4.62. The fourth-order valence-electron chi connectivity index (χ4n) is 4.02. The smallest absolute Gasteiger partial charge is 0.265 e. The predicted octanol–water partition coefficient (Wildman–Crippen LogP) is 3.44. The highest BCUT2D eigenvalue weighted by Gasteiger charge is 2.28. The molecule has 5 nitrogen and oxygen atoms in total. The first-order valence-corrected chi connectivity index (χ1v) is 9.79. The lowest BCUT2D eigenvalue weighted by Crippen LogP contribution is -2.44. The van der Waals surface area contributed by atoms with Crippen molar-refractivity contribution in [2.45, 2.75) is 58.9 Å². The van der Waals surface area contributed by atoms with E-state index in [4.69, 9.17) is 4.74 Å². The van der Waals surface area contributed by atoms with E-state index in [1.165, 1.54) is 12.8 Å². The summed E-state index contributed by atoms with van der Waals surface area (Å²) in [7, 11) is 0. The summed E-state index contributed by atoms with van der Waals surface area (Å²) >= 11 is 0. The van der Waals surface area contributed by atoms with Gasteiger partial charge in [-0.15, -0.1) is 0 Å². The van der Waals surface area contributed by atoms with Crippen LogP contribution in [0.3, 0.4) is 0 Å². The number of aryl methyl sites for hydroxylation is 1. The number of fused-ring (bicyclic) bond motifs is 1. The molecule has 0 saturated heterocycles. The van der Waals surface area contributed by atoms with E-state index in [-0.39, 0.29) is 18.4 Å². The van der Waals surface area contributed by atoms with Crippen LogP contribution in [0.4, 0.5) is 5.69 Å². The molecular formula is C21H30N2O3. The summed E-state index contributed by atoms with van der Waals surface area (Å²) in [5.74, 6) is 1.99. The van der Waals surface area contributed by atoms with Gasteiger partial charge in [-0.3, -0.25) is 9.59 Å². The molecule has 1 heterocycles. The Hall–Kier alpha value is -2.04. The first-order chi connectivity index (χ1) is 12.5. The molecule has 0 radical (unpaired) electrons. The normalized spacial score (nSPS) is 25.4. The van der Waals surface area contributed by atoms with Crippen LogP contribution in [0.25, 0.3) is 0 Å². The molecule has 0 aromatic heterocycles. The number of nitrogens with zero attached hydrogens (tertiary/aromatic N) is 1. The number of rotatable bonds is 5. The summed E-state index contributed by atoms with van der Waals surface area (Å²) in [5.41, 5.74) is 1.90. The Balaban J connectivity index is 1.52. The first kappa shape index (κ1) is 18.7. The van der Waals surface area contributed by atoms with Crippen molar-refractivity contribution in [2.75, 3.05) is 18.1 Å². The van der Waals surface area contributed by atoms with Crippen molar-refractivity contribution in [3.63, 3.8) is 0 Å². The Labute approximate surface area is 156 Å². The van der Waals surface area contributed by atoms with E-state index in [2.05, 4.69) is 19.2 Å². The van der Waals surface area contributed by atoms with Gasteiger partial charge < -0.3 is 15.0 Å². The largest absolute Gasteiger partial charge is 0.482 e. The molecule has 1 saturated carbocycles. The summed E-state index contributed by atoms with van der Waals surface area (Å²) in [6.45, 7) is 7.12. The van der Waals surface area contributed by atoms with Crippen LogP contribution in [-0.2, 0) is 9.59 Å². The minimum Gasteiger partial charge on any atom is -0.482 e. The molecule has 1 N–H and O–H groups in total. The summed E-state index contributed by atoms with van der Waals surface area (Å²) < 4.78 is 5.50. The van der Waals surface area contributed by atoms with Crippen LogP contribution in [0.1, 0.15) is 51.5 Å². The van der Waals surface area contributed by atoms with Crippen molar-refractivity contribution < 1.29 is 14.3 Å². The van der Waals surface area contributed by atoms with Gasteiger partial charge in [0.1, 0.15) is 5.75 Å². The summed E-state index contributed by atoms with van der Waals surface area (Å²) in [5, 5.41) is 3.21. The Morgan fingerprint density at radius 2 is 2.12 bits per heavy atom. The summed E-state index contributed by atoms with van der Waals surface area (Å²) in [6, 6.07) is 6.15. The Bertz CT molecular complexity index is 673. The maximum absolute atomic E-state index is 12.3. The lowest BCUT2D eigenvalue weighted by molar-refractivity contribution is -0.123. The quantitative estimate of drug-likeness (QED) is 0.877. The molecule has 3 rings (SSSR count). The molecule has 142 valence electrons. The minimum absolute atomic E-state index is 0.0433. The maximum Gasteiger partial charge on any atom is 0.265 e. The van der Waals surface area contributed by atoms with Crippen molar-refractivity contribution in [3.8, 4) is 5.75 Å². The van der Waals surface area contributed by atoms with Crippen molar-refractivity contribution in [2.24, 2.45) is 11.8 Å².